The first kappa shape index (κ1) is 58.0. The lowest BCUT2D eigenvalue weighted by Crippen LogP contribution is -2.30. The molecule has 0 saturated heterocycles. The Kier molecular flexibility index (Phi) is 19.0. The summed E-state index contributed by atoms with van der Waals surface area (Å²) in [5.41, 5.74) is 27.3. The van der Waals surface area contributed by atoms with Gasteiger partial charge >= 0.3 is 0 Å². The fraction of sp³-hybridized carbons (Fsp3) is 0.128. The molecule has 12 aromatic rings. The van der Waals surface area contributed by atoms with Crippen LogP contribution in [0, 0.1) is 47.4 Å². The lowest BCUT2D eigenvalue weighted by Gasteiger charge is -2.07. The zero-order chi connectivity index (χ0) is 58.4. The van der Waals surface area contributed by atoms with Gasteiger partial charge in [-0.3, -0.25) is 0 Å². The Morgan fingerprint density at radius 2 is 0.506 bits per heavy atom. The lowest BCUT2D eigenvalue weighted by molar-refractivity contribution is -0.660. The summed E-state index contributed by atoms with van der Waals surface area (Å²) in [6.45, 7) is 12.8. The molecule has 4 nitrogen and oxygen atoms in total. The summed E-state index contributed by atoms with van der Waals surface area (Å²) in [4.78, 5) is 0. The summed E-state index contributed by atoms with van der Waals surface area (Å²) in [5.74, 6) is -0.209. The van der Waals surface area contributed by atoms with Crippen molar-refractivity contribution in [3.63, 3.8) is 0 Å². The van der Waals surface area contributed by atoms with E-state index in [0.717, 1.165) is 16.8 Å². The Bertz CT molecular complexity index is 4010. The van der Waals surface area contributed by atoms with Gasteiger partial charge in [-0.2, -0.15) is 0 Å². The molecule has 0 aliphatic rings. The van der Waals surface area contributed by atoms with Crippen LogP contribution in [-0.2, 0) is 28.2 Å². The molecule has 410 valence electrons. The maximum Gasteiger partial charge on any atom is 0.213 e. The highest BCUT2D eigenvalue weighted by atomic mass is 19.1. The van der Waals surface area contributed by atoms with E-state index < -0.39 is 0 Å². The molecule has 0 saturated carbocycles. The quantitative estimate of drug-likeness (QED) is 0.135. The second-order valence-corrected chi connectivity index (χ2v) is 21.5. The second-order valence-electron chi connectivity index (χ2n) is 21.5. The first-order valence-corrected chi connectivity index (χ1v) is 28.4. The zero-order valence-corrected chi connectivity index (χ0v) is 49.6. The number of aryl methyl sites for hydroxylation is 10. The number of hydrogen-bond donors (Lipinski definition) is 0. The molecule has 0 spiro atoms. The van der Waals surface area contributed by atoms with Crippen LogP contribution in [0.2, 0.25) is 0 Å². The molecule has 0 unspecified atom stereocenters. The normalized spacial score (nSPS) is 10.6. The largest absolute Gasteiger partial charge is 0.213 e. The molecule has 0 amide bonds. The minimum Gasteiger partial charge on any atom is -0.207 e. The number of pyridine rings is 4. The van der Waals surface area contributed by atoms with Gasteiger partial charge in [0.2, 0.25) is 22.8 Å². The van der Waals surface area contributed by atoms with Crippen LogP contribution >= 0.6 is 0 Å². The van der Waals surface area contributed by atoms with E-state index in [-0.39, 0.29) is 5.82 Å². The molecule has 8 aromatic carbocycles. The number of benzene rings is 8. The maximum absolute atomic E-state index is 13.1. The molecule has 4 heterocycles. The second kappa shape index (κ2) is 27.2. The summed E-state index contributed by atoms with van der Waals surface area (Å²) in [6, 6.07) is 85.9. The molecule has 0 aliphatic heterocycles. The van der Waals surface area contributed by atoms with Gasteiger partial charge in [0.25, 0.3) is 0 Å². The van der Waals surface area contributed by atoms with E-state index in [2.05, 4.69) is 312 Å². The molecular weight excluding hydrogens is 1010 g/mol. The van der Waals surface area contributed by atoms with Crippen molar-refractivity contribution in [1.29, 1.82) is 0 Å². The van der Waals surface area contributed by atoms with E-state index in [1.165, 1.54) is 118 Å². The average molecular weight is 1090 g/mol. The predicted octanol–water partition coefficient (Wildman–Crippen LogP) is 17.4. The highest BCUT2D eigenvalue weighted by molar-refractivity contribution is 5.74. The topological polar surface area (TPSA) is 15.5 Å². The van der Waals surface area contributed by atoms with Crippen LogP contribution in [0.3, 0.4) is 0 Å². The molecule has 0 N–H and O–H groups in total. The summed E-state index contributed by atoms with van der Waals surface area (Å²) in [5, 5.41) is 0. The van der Waals surface area contributed by atoms with Crippen LogP contribution < -0.4 is 18.3 Å². The SMILES string of the molecule is Cc1ccc(-c2cc[n+](C)c(-c3ccccc3C)c2)cc1.Cc1cccc(-c2cc[n+](C)c(-c3ccccc3C)c2)c1.Cc1ccccc1-c1cc(-c2ccc(F)cc2)cc[n+]1C.Cc1ccccc1-c1cc(-c2ccccc2)cc[n+]1C. The molecule has 0 aliphatic carbocycles. The Labute approximate surface area is 492 Å². The van der Waals surface area contributed by atoms with Gasteiger partial charge in [0, 0.05) is 70.8 Å². The first-order chi connectivity index (χ1) is 40.2. The monoisotopic (exact) mass is 1090 g/mol. The van der Waals surface area contributed by atoms with Gasteiger partial charge in [-0.25, -0.2) is 22.7 Å². The lowest BCUT2D eigenvalue weighted by atomic mass is 9.99. The van der Waals surface area contributed by atoms with Crippen molar-refractivity contribution >= 4 is 0 Å². The molecule has 0 fully saturated rings. The van der Waals surface area contributed by atoms with Crippen molar-refractivity contribution in [2.24, 2.45) is 28.2 Å². The van der Waals surface area contributed by atoms with Crippen LogP contribution in [0.25, 0.3) is 89.5 Å². The highest BCUT2D eigenvalue weighted by Crippen LogP contribution is 2.30. The van der Waals surface area contributed by atoms with E-state index in [4.69, 9.17) is 0 Å². The Morgan fingerprint density at radius 1 is 0.229 bits per heavy atom. The van der Waals surface area contributed by atoms with Crippen LogP contribution in [0.1, 0.15) is 33.4 Å². The van der Waals surface area contributed by atoms with E-state index in [1.807, 2.05) is 37.5 Å². The third kappa shape index (κ3) is 14.6. The minimum atomic E-state index is -0.209. The van der Waals surface area contributed by atoms with Gasteiger partial charge in [0.05, 0.1) is 0 Å². The minimum absolute atomic E-state index is 0.209. The fourth-order valence-electron chi connectivity index (χ4n) is 10.4. The number of hydrogen-bond acceptors (Lipinski definition) is 0. The van der Waals surface area contributed by atoms with E-state index in [0.29, 0.717) is 0 Å². The Hall–Kier alpha value is -9.71. The molecule has 83 heavy (non-hydrogen) atoms. The van der Waals surface area contributed by atoms with E-state index in [9.17, 15) is 4.39 Å². The van der Waals surface area contributed by atoms with Crippen LogP contribution in [0.5, 0.6) is 0 Å². The smallest absolute Gasteiger partial charge is 0.207 e. The van der Waals surface area contributed by atoms with Crippen molar-refractivity contribution in [3.05, 3.63) is 313 Å². The Morgan fingerprint density at radius 3 is 0.843 bits per heavy atom. The van der Waals surface area contributed by atoms with Crippen molar-refractivity contribution in [3.8, 4) is 89.5 Å². The third-order valence-electron chi connectivity index (χ3n) is 15.3. The van der Waals surface area contributed by atoms with Gasteiger partial charge in [-0.15, -0.1) is 0 Å². The standard InChI is InChI=1S/2C20H20N.C19H17FN.C19H18N/c1-15-7-6-9-17(13-15)18-11-12-21(3)20(14-18)19-10-5-4-8-16(19)2;1-15-8-10-17(11-9-15)18-12-13-21(3)20(14-18)19-7-5-4-6-16(19)2;1-14-5-3-4-6-18(14)19-13-16(11-12-21(19)2)15-7-9-17(20)10-8-15;1-15-8-6-7-11-18(15)19-14-17(12-13-20(19)2)16-9-4-3-5-10-16/h2*4-14H,1-3H3;3-13H,1-2H3;3-14H,1-2H3/q4*+1. The molecule has 0 atom stereocenters. The van der Waals surface area contributed by atoms with Gasteiger partial charge in [0.1, 0.15) is 34.0 Å². The van der Waals surface area contributed by atoms with Gasteiger partial charge in [-0.05, 0) is 145 Å². The summed E-state index contributed by atoms with van der Waals surface area (Å²) in [6.07, 6.45) is 8.45. The van der Waals surface area contributed by atoms with Crippen molar-refractivity contribution in [2.75, 3.05) is 0 Å². The van der Waals surface area contributed by atoms with Crippen LogP contribution in [0.4, 0.5) is 4.39 Å². The summed E-state index contributed by atoms with van der Waals surface area (Å²) < 4.78 is 21.7. The van der Waals surface area contributed by atoms with Gasteiger partial charge < -0.3 is 0 Å². The van der Waals surface area contributed by atoms with Gasteiger partial charge in [0.15, 0.2) is 24.8 Å². The third-order valence-corrected chi connectivity index (χ3v) is 15.3. The van der Waals surface area contributed by atoms with E-state index >= 15 is 0 Å². The maximum atomic E-state index is 13.1. The number of aromatic nitrogens is 4. The highest BCUT2D eigenvalue weighted by Gasteiger charge is 2.18. The molecule has 0 bridgehead atoms. The summed E-state index contributed by atoms with van der Waals surface area (Å²) >= 11 is 0. The number of nitrogens with zero attached hydrogens (tertiary/aromatic N) is 4. The number of halogens is 1. The molecule has 0 radical (unpaired) electrons. The van der Waals surface area contributed by atoms with Crippen molar-refractivity contribution in [1.82, 2.24) is 0 Å². The fourth-order valence-corrected chi connectivity index (χ4v) is 10.4. The van der Waals surface area contributed by atoms with Crippen molar-refractivity contribution < 1.29 is 22.7 Å². The zero-order valence-electron chi connectivity index (χ0n) is 49.6. The van der Waals surface area contributed by atoms with Crippen molar-refractivity contribution in [2.45, 2.75) is 41.5 Å². The van der Waals surface area contributed by atoms with Gasteiger partial charge in [-0.1, -0.05) is 175 Å². The molecule has 12 rings (SSSR count). The molecular formula is C78H75FN4+4. The van der Waals surface area contributed by atoms with Crippen LogP contribution in [0.15, 0.2) is 274 Å². The van der Waals surface area contributed by atoms with E-state index in [1.54, 1.807) is 0 Å². The summed E-state index contributed by atoms with van der Waals surface area (Å²) in [7, 11) is 8.33. The molecule has 4 aromatic heterocycles. The molecule has 5 heteroatoms. The Balaban J connectivity index is 0.000000133. The number of rotatable bonds is 8. The first-order valence-electron chi connectivity index (χ1n) is 28.4. The van der Waals surface area contributed by atoms with Crippen LogP contribution in [-0.4, -0.2) is 0 Å². The predicted molar refractivity (Wildman–Crippen MR) is 342 cm³/mol. The average Bonchev–Trinajstić information content (AvgIpc) is 3.52.